The third-order valence-electron chi connectivity index (χ3n) is 4.11. The highest BCUT2D eigenvalue weighted by atomic mass is 19.1. The average Bonchev–Trinajstić information content (AvgIpc) is 3.15. The van der Waals surface area contributed by atoms with E-state index in [-0.39, 0.29) is 23.8 Å². The minimum Gasteiger partial charge on any atom is -0.339 e. The lowest BCUT2D eigenvalue weighted by molar-refractivity contribution is 0.236. The number of hydrogen-bond donors (Lipinski definition) is 2. The van der Waals surface area contributed by atoms with Crippen molar-refractivity contribution >= 4 is 6.03 Å². The molecule has 0 bridgehead atoms. The summed E-state index contributed by atoms with van der Waals surface area (Å²) in [7, 11) is 0. The van der Waals surface area contributed by atoms with Crippen LogP contribution >= 0.6 is 0 Å². The summed E-state index contributed by atoms with van der Waals surface area (Å²) in [5.41, 5.74) is 1.96. The van der Waals surface area contributed by atoms with Gasteiger partial charge in [-0.2, -0.15) is 4.98 Å². The third-order valence-corrected chi connectivity index (χ3v) is 4.11. The molecule has 2 amide bonds. The maximum atomic E-state index is 13.2. The van der Waals surface area contributed by atoms with Gasteiger partial charge >= 0.3 is 6.03 Å². The lowest BCUT2D eigenvalue weighted by Crippen LogP contribution is -2.38. The number of halogens is 1. The molecule has 1 aromatic heterocycles. The van der Waals surface area contributed by atoms with Crippen molar-refractivity contribution in [1.29, 1.82) is 0 Å². The molecule has 6 nitrogen and oxygen atoms in total. The summed E-state index contributed by atoms with van der Waals surface area (Å²) < 4.78 is 18.3. The van der Waals surface area contributed by atoms with Gasteiger partial charge in [0, 0.05) is 18.9 Å². The van der Waals surface area contributed by atoms with Crippen LogP contribution in [0.2, 0.25) is 0 Å². The van der Waals surface area contributed by atoms with Crippen molar-refractivity contribution in [1.82, 2.24) is 20.8 Å². The summed E-state index contributed by atoms with van der Waals surface area (Å²) in [5.74, 6) is 1.16. The van der Waals surface area contributed by atoms with Crippen molar-refractivity contribution in [2.24, 2.45) is 0 Å². The number of carbonyl (C=O) groups is 1. The van der Waals surface area contributed by atoms with Gasteiger partial charge in [-0.3, -0.25) is 0 Å². The summed E-state index contributed by atoms with van der Waals surface area (Å²) in [4.78, 5) is 16.3. The van der Waals surface area contributed by atoms with E-state index in [1.807, 2.05) is 13.8 Å². The van der Waals surface area contributed by atoms with Gasteiger partial charge in [0.05, 0.1) is 6.04 Å². The van der Waals surface area contributed by atoms with Crippen molar-refractivity contribution in [2.75, 3.05) is 6.54 Å². The second kappa shape index (κ2) is 6.98. The van der Waals surface area contributed by atoms with Crippen molar-refractivity contribution in [3.63, 3.8) is 0 Å². The molecule has 2 N–H and O–H groups in total. The zero-order valence-corrected chi connectivity index (χ0v) is 13.8. The summed E-state index contributed by atoms with van der Waals surface area (Å²) in [6, 6.07) is 4.39. The van der Waals surface area contributed by atoms with Crippen LogP contribution in [-0.4, -0.2) is 22.7 Å². The number of benzene rings is 1. The SMILES string of the molecule is CC(C)c1noc(CCNC(=O)N[C@@H]2CCc3cc(F)ccc32)n1. The Balaban J connectivity index is 1.47. The number of urea groups is 1. The highest BCUT2D eigenvalue weighted by Crippen LogP contribution is 2.31. The van der Waals surface area contributed by atoms with Crippen LogP contribution in [0.4, 0.5) is 9.18 Å². The van der Waals surface area contributed by atoms with Crippen LogP contribution in [0.5, 0.6) is 0 Å². The Labute approximate surface area is 139 Å². The molecule has 1 aliphatic carbocycles. The Morgan fingerprint density at radius 3 is 3.04 bits per heavy atom. The van der Waals surface area contributed by atoms with Gasteiger partial charge in [-0.05, 0) is 36.1 Å². The van der Waals surface area contributed by atoms with E-state index in [0.717, 1.165) is 24.0 Å². The van der Waals surface area contributed by atoms with Crippen LogP contribution < -0.4 is 10.6 Å². The minimum atomic E-state index is -0.249. The number of nitrogens with one attached hydrogen (secondary N) is 2. The first-order chi connectivity index (χ1) is 11.5. The van der Waals surface area contributed by atoms with E-state index in [1.54, 1.807) is 6.07 Å². The summed E-state index contributed by atoms with van der Waals surface area (Å²) in [5, 5.41) is 9.60. The molecule has 1 aliphatic rings. The number of aryl methyl sites for hydroxylation is 1. The molecule has 2 aromatic rings. The highest BCUT2D eigenvalue weighted by molar-refractivity contribution is 5.74. The third kappa shape index (κ3) is 3.72. The molecular formula is C17H21FN4O2. The molecule has 1 heterocycles. The van der Waals surface area contributed by atoms with Crippen molar-refractivity contribution in [3.05, 3.63) is 46.9 Å². The molecule has 0 fully saturated rings. The summed E-state index contributed by atoms with van der Waals surface area (Å²) in [6.07, 6.45) is 2.05. The molecule has 0 aliphatic heterocycles. The largest absolute Gasteiger partial charge is 0.339 e. The van der Waals surface area contributed by atoms with Crippen LogP contribution in [0.15, 0.2) is 22.7 Å². The monoisotopic (exact) mass is 332 g/mol. The molecule has 0 radical (unpaired) electrons. The lowest BCUT2D eigenvalue weighted by Gasteiger charge is -2.14. The maximum Gasteiger partial charge on any atom is 0.315 e. The van der Waals surface area contributed by atoms with Crippen LogP contribution in [0.1, 0.15) is 55.1 Å². The van der Waals surface area contributed by atoms with Gasteiger partial charge in [0.25, 0.3) is 0 Å². The Morgan fingerprint density at radius 2 is 2.29 bits per heavy atom. The second-order valence-corrected chi connectivity index (χ2v) is 6.29. The van der Waals surface area contributed by atoms with Crippen LogP contribution in [-0.2, 0) is 12.8 Å². The fourth-order valence-corrected chi connectivity index (χ4v) is 2.83. The number of fused-ring (bicyclic) bond motifs is 1. The van der Waals surface area contributed by atoms with E-state index in [4.69, 9.17) is 4.52 Å². The Hall–Kier alpha value is -2.44. The molecule has 0 saturated carbocycles. The van der Waals surface area contributed by atoms with Gasteiger partial charge in [-0.15, -0.1) is 0 Å². The van der Waals surface area contributed by atoms with E-state index in [9.17, 15) is 9.18 Å². The zero-order chi connectivity index (χ0) is 17.1. The van der Waals surface area contributed by atoms with Gasteiger partial charge in [-0.1, -0.05) is 25.1 Å². The number of carbonyl (C=O) groups excluding carboxylic acids is 1. The second-order valence-electron chi connectivity index (χ2n) is 6.29. The maximum absolute atomic E-state index is 13.2. The molecule has 0 saturated heterocycles. The molecular weight excluding hydrogens is 311 g/mol. The average molecular weight is 332 g/mol. The van der Waals surface area contributed by atoms with E-state index >= 15 is 0 Å². The van der Waals surface area contributed by atoms with Gasteiger partial charge < -0.3 is 15.2 Å². The molecule has 24 heavy (non-hydrogen) atoms. The first-order valence-corrected chi connectivity index (χ1v) is 8.18. The Kier molecular flexibility index (Phi) is 4.78. The number of amides is 2. The van der Waals surface area contributed by atoms with Gasteiger partial charge in [0.1, 0.15) is 5.82 Å². The normalized spacial score (nSPS) is 16.2. The quantitative estimate of drug-likeness (QED) is 0.882. The number of aromatic nitrogens is 2. The molecule has 0 unspecified atom stereocenters. The molecule has 1 aromatic carbocycles. The van der Waals surface area contributed by atoms with Gasteiger partial charge in [0.15, 0.2) is 5.82 Å². The molecule has 0 spiro atoms. The number of rotatable bonds is 5. The molecule has 1 atom stereocenters. The Bertz CT molecular complexity index is 729. The van der Waals surface area contributed by atoms with Crippen LogP contribution in [0.3, 0.4) is 0 Å². The van der Waals surface area contributed by atoms with Gasteiger partial charge in [0.2, 0.25) is 5.89 Å². The Morgan fingerprint density at radius 1 is 1.46 bits per heavy atom. The lowest BCUT2D eigenvalue weighted by atomic mass is 10.1. The van der Waals surface area contributed by atoms with Crippen LogP contribution in [0.25, 0.3) is 0 Å². The standard InChI is InChI=1S/C17H21FN4O2/c1-10(2)16-21-15(24-22-16)7-8-19-17(23)20-14-6-3-11-9-12(18)4-5-13(11)14/h4-5,9-10,14H,3,6-8H2,1-2H3,(H2,19,20,23)/t14-/m1/s1. The highest BCUT2D eigenvalue weighted by Gasteiger charge is 2.24. The predicted molar refractivity (Wildman–Crippen MR) is 86.1 cm³/mol. The smallest absolute Gasteiger partial charge is 0.315 e. The van der Waals surface area contributed by atoms with E-state index in [1.165, 1.54) is 12.1 Å². The summed E-state index contributed by atoms with van der Waals surface area (Å²) >= 11 is 0. The first-order valence-electron chi connectivity index (χ1n) is 8.18. The predicted octanol–water partition coefficient (Wildman–Crippen LogP) is 2.86. The molecule has 3 rings (SSSR count). The van der Waals surface area contributed by atoms with E-state index in [0.29, 0.717) is 24.7 Å². The van der Waals surface area contributed by atoms with E-state index in [2.05, 4.69) is 20.8 Å². The first kappa shape index (κ1) is 16.4. The van der Waals surface area contributed by atoms with Crippen molar-refractivity contribution in [3.8, 4) is 0 Å². The van der Waals surface area contributed by atoms with Crippen molar-refractivity contribution in [2.45, 2.75) is 45.1 Å². The molecule has 128 valence electrons. The number of hydrogen-bond acceptors (Lipinski definition) is 4. The summed E-state index contributed by atoms with van der Waals surface area (Å²) in [6.45, 7) is 4.39. The van der Waals surface area contributed by atoms with E-state index < -0.39 is 0 Å². The topological polar surface area (TPSA) is 80.0 Å². The van der Waals surface area contributed by atoms with Gasteiger partial charge in [-0.25, -0.2) is 9.18 Å². The minimum absolute atomic E-state index is 0.0726. The van der Waals surface area contributed by atoms with Crippen LogP contribution in [0, 0.1) is 5.82 Å². The van der Waals surface area contributed by atoms with Crippen molar-refractivity contribution < 1.29 is 13.7 Å². The fourth-order valence-electron chi connectivity index (χ4n) is 2.83. The molecule has 7 heteroatoms. The fraction of sp³-hybridized carbons (Fsp3) is 0.471. The number of nitrogens with zero attached hydrogens (tertiary/aromatic N) is 2. The zero-order valence-electron chi connectivity index (χ0n) is 13.8.